The minimum absolute atomic E-state index is 0.0666. The Kier molecular flexibility index (Phi) is 38.2. The Labute approximate surface area is 227 Å². The third-order valence-electron chi connectivity index (χ3n) is 7.22. The monoisotopic (exact) mass is 513 g/mol. The molecule has 0 aliphatic rings. The van der Waals surface area contributed by atoms with Gasteiger partial charge in [-0.2, -0.15) is 0 Å². The molecule has 0 bridgehead atoms. The number of hydrogen-bond donors (Lipinski definition) is 1. The topological polar surface area (TPSA) is 46.5 Å². The smallest absolute Gasteiger partial charge is 0.305 e. The highest BCUT2D eigenvalue weighted by atomic mass is 16.5. The zero-order valence-electron chi connectivity index (χ0n) is 25.3. The van der Waals surface area contributed by atoms with Crippen molar-refractivity contribution in [3.63, 3.8) is 0 Å². The van der Waals surface area contributed by atoms with E-state index in [0.29, 0.717) is 13.0 Å². The lowest BCUT2D eigenvalue weighted by Gasteiger charge is -2.03. The van der Waals surface area contributed by atoms with Gasteiger partial charge in [0.05, 0.1) is 7.11 Å². The van der Waals surface area contributed by atoms with Crippen LogP contribution in [-0.4, -0.2) is 24.8 Å². The van der Waals surface area contributed by atoms with Crippen LogP contribution in [0.4, 0.5) is 0 Å². The van der Waals surface area contributed by atoms with Crippen molar-refractivity contribution in [2.45, 2.75) is 194 Å². The molecule has 3 heteroatoms. The van der Waals surface area contributed by atoms with E-state index < -0.39 is 0 Å². The summed E-state index contributed by atoms with van der Waals surface area (Å²) in [6, 6.07) is 0. The predicted octanol–water partition coefficient (Wildman–Crippen LogP) is 11.1. The molecule has 218 valence electrons. The second-order valence-corrected chi connectivity index (χ2v) is 10.9. The number of aliphatic hydroxyl groups is 1. The Morgan fingerprint density at radius 2 is 0.694 bits per heavy atom. The van der Waals surface area contributed by atoms with Gasteiger partial charge in [-0.05, 0) is 12.8 Å². The molecule has 0 fully saturated rings. The molecule has 0 spiro atoms. The van der Waals surface area contributed by atoms with E-state index in [-0.39, 0.29) is 5.97 Å². The van der Waals surface area contributed by atoms with Crippen LogP contribution in [0.5, 0.6) is 0 Å². The second kappa shape index (κ2) is 36.6. The predicted molar refractivity (Wildman–Crippen MR) is 160 cm³/mol. The van der Waals surface area contributed by atoms with Crippen molar-refractivity contribution >= 4 is 5.97 Å². The fourth-order valence-electron chi connectivity index (χ4n) is 4.70. The summed E-state index contributed by atoms with van der Waals surface area (Å²) in [5.74, 6) is -0.0666. The Morgan fingerprint density at radius 1 is 0.444 bits per heavy atom. The standard InChI is InChI=1S/C17H34O2.C16H34O/c1-3-4-5-6-7-8-9-10-11-12-13-14-15-16-17(18)19-2;1-2-3-4-5-6-7-8-9-10-11-12-13-14-15-16-17/h3-16H2,1-2H3;17H,2-16H2,1H3. The summed E-state index contributed by atoms with van der Waals surface area (Å²) in [6.07, 6.45) is 37.2. The van der Waals surface area contributed by atoms with Gasteiger partial charge >= 0.3 is 5.97 Å². The van der Waals surface area contributed by atoms with E-state index in [4.69, 9.17) is 5.11 Å². The first kappa shape index (κ1) is 37.6. The molecule has 0 aliphatic heterocycles. The summed E-state index contributed by atoms with van der Waals surface area (Å²) < 4.78 is 4.62. The molecule has 36 heavy (non-hydrogen) atoms. The zero-order valence-corrected chi connectivity index (χ0v) is 25.3. The highest BCUT2D eigenvalue weighted by Crippen LogP contribution is 2.14. The van der Waals surface area contributed by atoms with Gasteiger partial charge in [0.2, 0.25) is 0 Å². The summed E-state index contributed by atoms with van der Waals surface area (Å²) in [5.41, 5.74) is 0. The SMILES string of the molecule is CCCCCCCCCCCCCCCC(=O)OC.CCCCCCCCCCCCCCCCO. The van der Waals surface area contributed by atoms with Crippen LogP contribution in [0.2, 0.25) is 0 Å². The number of carbonyl (C=O) groups is 1. The Balaban J connectivity index is 0. The van der Waals surface area contributed by atoms with Gasteiger partial charge < -0.3 is 9.84 Å². The van der Waals surface area contributed by atoms with E-state index in [1.54, 1.807) is 0 Å². The molecule has 0 aromatic rings. The second-order valence-electron chi connectivity index (χ2n) is 10.9. The average molecular weight is 513 g/mol. The van der Waals surface area contributed by atoms with Crippen LogP contribution in [0.3, 0.4) is 0 Å². The van der Waals surface area contributed by atoms with Crippen molar-refractivity contribution < 1.29 is 14.6 Å². The highest BCUT2D eigenvalue weighted by molar-refractivity contribution is 5.68. The first-order valence-electron chi connectivity index (χ1n) is 16.4. The van der Waals surface area contributed by atoms with Gasteiger partial charge in [0.25, 0.3) is 0 Å². The molecule has 1 N–H and O–H groups in total. The number of ether oxygens (including phenoxy) is 1. The third-order valence-corrected chi connectivity index (χ3v) is 7.22. The average Bonchev–Trinajstić information content (AvgIpc) is 2.89. The lowest BCUT2D eigenvalue weighted by molar-refractivity contribution is -0.140. The minimum atomic E-state index is -0.0666. The first-order chi connectivity index (χ1) is 17.7. The number of carbonyl (C=O) groups excluding carboxylic acids is 1. The molecule has 0 aliphatic carbocycles. The lowest BCUT2D eigenvalue weighted by atomic mass is 10.0. The maximum absolute atomic E-state index is 10.9. The van der Waals surface area contributed by atoms with Crippen LogP contribution in [0.1, 0.15) is 194 Å². The fraction of sp³-hybridized carbons (Fsp3) is 0.970. The molecule has 3 nitrogen and oxygen atoms in total. The van der Waals surface area contributed by atoms with Crippen LogP contribution in [0.15, 0.2) is 0 Å². The van der Waals surface area contributed by atoms with Gasteiger partial charge in [-0.15, -0.1) is 0 Å². The summed E-state index contributed by atoms with van der Waals surface area (Å²) in [6.45, 7) is 4.92. The first-order valence-corrected chi connectivity index (χ1v) is 16.4. The van der Waals surface area contributed by atoms with E-state index in [9.17, 15) is 4.79 Å². The molecular formula is C33H68O3. The van der Waals surface area contributed by atoms with Gasteiger partial charge in [-0.25, -0.2) is 0 Å². The number of unbranched alkanes of at least 4 members (excludes halogenated alkanes) is 25. The molecular weight excluding hydrogens is 444 g/mol. The van der Waals surface area contributed by atoms with Gasteiger partial charge in [0, 0.05) is 13.0 Å². The summed E-state index contributed by atoms with van der Waals surface area (Å²) >= 11 is 0. The minimum Gasteiger partial charge on any atom is -0.469 e. The Hall–Kier alpha value is -0.570. The van der Waals surface area contributed by atoms with E-state index in [1.165, 1.54) is 168 Å². The van der Waals surface area contributed by atoms with Gasteiger partial charge in [0.15, 0.2) is 0 Å². The molecule has 0 rings (SSSR count). The molecule has 0 aromatic carbocycles. The van der Waals surface area contributed by atoms with Crippen LogP contribution < -0.4 is 0 Å². The van der Waals surface area contributed by atoms with E-state index >= 15 is 0 Å². The van der Waals surface area contributed by atoms with Crippen molar-refractivity contribution in [2.24, 2.45) is 0 Å². The van der Waals surface area contributed by atoms with Gasteiger partial charge in [0.1, 0.15) is 0 Å². The summed E-state index contributed by atoms with van der Waals surface area (Å²) in [5, 5.41) is 8.64. The number of hydrogen-bond acceptors (Lipinski definition) is 3. The lowest BCUT2D eigenvalue weighted by Crippen LogP contribution is -1.99. The van der Waals surface area contributed by atoms with Crippen molar-refractivity contribution in [2.75, 3.05) is 13.7 Å². The molecule has 0 heterocycles. The van der Waals surface area contributed by atoms with Crippen LogP contribution in [-0.2, 0) is 9.53 Å². The van der Waals surface area contributed by atoms with Crippen LogP contribution in [0.25, 0.3) is 0 Å². The van der Waals surface area contributed by atoms with Crippen molar-refractivity contribution in [1.29, 1.82) is 0 Å². The molecule has 0 saturated heterocycles. The van der Waals surface area contributed by atoms with Crippen LogP contribution >= 0.6 is 0 Å². The van der Waals surface area contributed by atoms with Gasteiger partial charge in [-0.3, -0.25) is 4.79 Å². The molecule has 0 unspecified atom stereocenters. The molecule has 0 amide bonds. The summed E-state index contributed by atoms with van der Waals surface area (Å²) in [4.78, 5) is 10.9. The normalized spacial score (nSPS) is 10.8. The van der Waals surface area contributed by atoms with Crippen molar-refractivity contribution in [1.82, 2.24) is 0 Å². The fourth-order valence-corrected chi connectivity index (χ4v) is 4.70. The number of aliphatic hydroxyl groups excluding tert-OH is 1. The van der Waals surface area contributed by atoms with E-state index in [0.717, 1.165) is 12.8 Å². The number of rotatable bonds is 28. The molecule has 0 aromatic heterocycles. The quantitative estimate of drug-likeness (QED) is 0.0837. The van der Waals surface area contributed by atoms with E-state index in [2.05, 4.69) is 18.6 Å². The number of methoxy groups -OCH3 is 1. The maximum atomic E-state index is 10.9. The highest BCUT2D eigenvalue weighted by Gasteiger charge is 1.99. The summed E-state index contributed by atoms with van der Waals surface area (Å²) in [7, 11) is 1.46. The van der Waals surface area contributed by atoms with Gasteiger partial charge in [-0.1, -0.05) is 174 Å². The maximum Gasteiger partial charge on any atom is 0.305 e. The molecule has 0 atom stereocenters. The zero-order chi connectivity index (χ0) is 26.8. The Bertz CT molecular complexity index is 369. The van der Waals surface area contributed by atoms with E-state index in [1.807, 2.05) is 0 Å². The molecule has 0 radical (unpaired) electrons. The third kappa shape index (κ3) is 38.0. The van der Waals surface area contributed by atoms with Crippen molar-refractivity contribution in [3.05, 3.63) is 0 Å². The molecule has 0 saturated carbocycles. The van der Waals surface area contributed by atoms with Crippen molar-refractivity contribution in [3.8, 4) is 0 Å². The van der Waals surface area contributed by atoms with Crippen LogP contribution in [0, 0.1) is 0 Å². The Morgan fingerprint density at radius 3 is 0.944 bits per heavy atom. The largest absolute Gasteiger partial charge is 0.469 e. The number of esters is 1.